The summed E-state index contributed by atoms with van der Waals surface area (Å²) >= 11 is 6.30. The van der Waals surface area contributed by atoms with E-state index in [2.05, 4.69) is 19.2 Å². The number of carbonyl (C=O) groups is 1. The van der Waals surface area contributed by atoms with Gasteiger partial charge in [-0.1, -0.05) is 43.6 Å². The van der Waals surface area contributed by atoms with Gasteiger partial charge in [-0.3, -0.25) is 4.79 Å². The Labute approximate surface area is 160 Å². The highest BCUT2D eigenvalue weighted by molar-refractivity contribution is 6.32. The van der Waals surface area contributed by atoms with Gasteiger partial charge < -0.3 is 10.1 Å². The van der Waals surface area contributed by atoms with E-state index in [0.29, 0.717) is 28.0 Å². The molecule has 0 saturated carbocycles. The molecule has 3 nitrogen and oxygen atoms in total. The number of Topliss-reactive ketones (excluding diaryl/α,β-unsaturated/α-hetero) is 1. The van der Waals surface area contributed by atoms with Crippen molar-refractivity contribution in [3.63, 3.8) is 0 Å². The summed E-state index contributed by atoms with van der Waals surface area (Å²) in [6.07, 6.45) is 2.85. The standard InChI is InChI=1S/C22H26ClNO2/c1-16(2)10-11-22(12-13-24-15-22)21(25)17-8-9-19(23)20(14-17)26-18-6-4-3-5-7-18/h3-9,14,16,24H,10-13,15H2,1-2H3. The minimum absolute atomic E-state index is 0.192. The predicted octanol–water partition coefficient (Wildman–Crippen LogP) is 5.73. The number of hydrogen-bond donors (Lipinski definition) is 1. The lowest BCUT2D eigenvalue weighted by Crippen LogP contribution is -2.34. The molecule has 138 valence electrons. The molecule has 1 aliphatic rings. The van der Waals surface area contributed by atoms with Crippen LogP contribution in [-0.4, -0.2) is 18.9 Å². The van der Waals surface area contributed by atoms with Gasteiger partial charge in [0.15, 0.2) is 5.78 Å². The van der Waals surface area contributed by atoms with Crippen molar-refractivity contribution in [1.82, 2.24) is 5.32 Å². The second-order valence-electron chi connectivity index (χ2n) is 7.53. The number of carbonyl (C=O) groups excluding carboxylic acids is 1. The fourth-order valence-corrected chi connectivity index (χ4v) is 3.63. The second-order valence-corrected chi connectivity index (χ2v) is 7.94. The average molecular weight is 372 g/mol. The summed E-state index contributed by atoms with van der Waals surface area (Å²) in [5, 5.41) is 3.88. The van der Waals surface area contributed by atoms with E-state index in [4.69, 9.17) is 16.3 Å². The Morgan fingerprint density at radius 3 is 2.65 bits per heavy atom. The Balaban J connectivity index is 1.85. The van der Waals surface area contributed by atoms with Crippen LogP contribution >= 0.6 is 11.6 Å². The van der Waals surface area contributed by atoms with Crippen LogP contribution in [0.25, 0.3) is 0 Å². The normalized spacial score (nSPS) is 19.7. The number of nitrogens with one attached hydrogen (secondary N) is 1. The van der Waals surface area contributed by atoms with Crippen molar-refractivity contribution in [2.24, 2.45) is 11.3 Å². The highest BCUT2D eigenvalue weighted by Gasteiger charge is 2.41. The van der Waals surface area contributed by atoms with E-state index >= 15 is 0 Å². The van der Waals surface area contributed by atoms with Crippen LogP contribution in [0.2, 0.25) is 5.02 Å². The quantitative estimate of drug-likeness (QED) is 0.631. The topological polar surface area (TPSA) is 38.3 Å². The van der Waals surface area contributed by atoms with E-state index in [1.54, 1.807) is 12.1 Å². The molecule has 0 radical (unpaired) electrons. The Hall–Kier alpha value is -1.84. The summed E-state index contributed by atoms with van der Waals surface area (Å²) in [6.45, 7) is 6.05. The van der Waals surface area contributed by atoms with Gasteiger partial charge in [0.2, 0.25) is 0 Å². The smallest absolute Gasteiger partial charge is 0.170 e. The molecule has 1 aliphatic heterocycles. The zero-order valence-corrected chi connectivity index (χ0v) is 16.2. The van der Waals surface area contributed by atoms with Crippen LogP contribution in [0.1, 0.15) is 43.5 Å². The number of halogens is 1. The Morgan fingerprint density at radius 1 is 1.23 bits per heavy atom. The van der Waals surface area contributed by atoms with Gasteiger partial charge in [0.1, 0.15) is 11.5 Å². The maximum Gasteiger partial charge on any atom is 0.170 e. The first-order valence-electron chi connectivity index (χ1n) is 9.28. The molecular weight excluding hydrogens is 346 g/mol. The molecule has 0 aliphatic carbocycles. The second kappa shape index (κ2) is 8.24. The zero-order valence-electron chi connectivity index (χ0n) is 15.4. The summed E-state index contributed by atoms with van der Waals surface area (Å²) in [5.74, 6) is 2.00. The van der Waals surface area contributed by atoms with Crippen molar-refractivity contribution in [3.8, 4) is 11.5 Å². The number of ether oxygens (including phenoxy) is 1. The van der Waals surface area contributed by atoms with Gasteiger partial charge in [0.25, 0.3) is 0 Å². The first-order valence-corrected chi connectivity index (χ1v) is 9.66. The summed E-state index contributed by atoms with van der Waals surface area (Å²) < 4.78 is 5.89. The van der Waals surface area contributed by atoms with Crippen LogP contribution in [0.4, 0.5) is 0 Å². The van der Waals surface area contributed by atoms with Gasteiger partial charge in [-0.05, 0) is 62.1 Å². The summed E-state index contributed by atoms with van der Waals surface area (Å²) in [4.78, 5) is 13.4. The molecule has 1 N–H and O–H groups in total. The molecule has 3 rings (SSSR count). The first kappa shape index (κ1) is 18.9. The van der Waals surface area contributed by atoms with Crippen LogP contribution in [0, 0.1) is 11.3 Å². The predicted molar refractivity (Wildman–Crippen MR) is 106 cm³/mol. The van der Waals surface area contributed by atoms with Crippen LogP contribution in [0.5, 0.6) is 11.5 Å². The molecule has 26 heavy (non-hydrogen) atoms. The molecule has 4 heteroatoms. The van der Waals surface area contributed by atoms with Gasteiger partial charge in [0.05, 0.1) is 5.02 Å². The molecule has 1 saturated heterocycles. The van der Waals surface area contributed by atoms with E-state index in [-0.39, 0.29) is 11.2 Å². The fraction of sp³-hybridized carbons (Fsp3) is 0.409. The van der Waals surface area contributed by atoms with Crippen molar-refractivity contribution >= 4 is 17.4 Å². The minimum atomic E-state index is -0.317. The summed E-state index contributed by atoms with van der Waals surface area (Å²) in [6, 6.07) is 14.8. The van der Waals surface area contributed by atoms with E-state index in [1.165, 1.54) is 0 Å². The lowest BCUT2D eigenvalue weighted by molar-refractivity contribution is 0.0794. The molecule has 1 fully saturated rings. The number of rotatable bonds is 7. The van der Waals surface area contributed by atoms with Gasteiger partial charge in [-0.2, -0.15) is 0 Å². The van der Waals surface area contributed by atoms with E-state index < -0.39 is 0 Å². The maximum atomic E-state index is 13.4. The third kappa shape index (κ3) is 4.28. The van der Waals surface area contributed by atoms with Crippen molar-refractivity contribution in [3.05, 3.63) is 59.1 Å². The van der Waals surface area contributed by atoms with E-state index in [9.17, 15) is 4.79 Å². The molecule has 1 unspecified atom stereocenters. The van der Waals surface area contributed by atoms with E-state index in [1.807, 2.05) is 36.4 Å². The van der Waals surface area contributed by atoms with Crippen molar-refractivity contribution in [1.29, 1.82) is 0 Å². The maximum absolute atomic E-state index is 13.4. The van der Waals surface area contributed by atoms with Crippen molar-refractivity contribution < 1.29 is 9.53 Å². The Morgan fingerprint density at radius 2 is 2.00 bits per heavy atom. The Bertz CT molecular complexity index is 752. The zero-order chi connectivity index (χ0) is 18.6. The molecule has 0 bridgehead atoms. The third-order valence-corrected chi connectivity index (χ3v) is 5.40. The third-order valence-electron chi connectivity index (χ3n) is 5.09. The van der Waals surface area contributed by atoms with Crippen molar-refractivity contribution in [2.75, 3.05) is 13.1 Å². The van der Waals surface area contributed by atoms with Gasteiger partial charge in [-0.25, -0.2) is 0 Å². The van der Waals surface area contributed by atoms with Gasteiger partial charge in [-0.15, -0.1) is 0 Å². The van der Waals surface area contributed by atoms with Crippen molar-refractivity contribution in [2.45, 2.75) is 33.1 Å². The number of ketones is 1. The molecule has 0 amide bonds. The van der Waals surface area contributed by atoms with Crippen LogP contribution < -0.4 is 10.1 Å². The summed E-state index contributed by atoms with van der Waals surface area (Å²) in [7, 11) is 0. The molecule has 1 atom stereocenters. The fourth-order valence-electron chi connectivity index (χ4n) is 3.47. The summed E-state index contributed by atoms with van der Waals surface area (Å²) in [5.41, 5.74) is 0.357. The molecule has 0 aromatic heterocycles. The first-order chi connectivity index (χ1) is 12.5. The highest BCUT2D eigenvalue weighted by atomic mass is 35.5. The largest absolute Gasteiger partial charge is 0.456 e. The number of benzene rings is 2. The SMILES string of the molecule is CC(C)CCC1(C(=O)c2ccc(Cl)c(Oc3ccccc3)c2)CCNC1. The molecule has 2 aromatic carbocycles. The molecular formula is C22H26ClNO2. The molecule has 2 aromatic rings. The van der Waals surface area contributed by atoms with Gasteiger partial charge in [0, 0.05) is 17.5 Å². The van der Waals surface area contributed by atoms with E-state index in [0.717, 1.165) is 32.4 Å². The van der Waals surface area contributed by atoms with Crippen LogP contribution in [0.3, 0.4) is 0 Å². The van der Waals surface area contributed by atoms with Gasteiger partial charge >= 0.3 is 0 Å². The van der Waals surface area contributed by atoms with Crippen LogP contribution in [-0.2, 0) is 0 Å². The average Bonchev–Trinajstić information content (AvgIpc) is 3.12. The lowest BCUT2D eigenvalue weighted by atomic mass is 9.75. The molecule has 1 heterocycles. The Kier molecular flexibility index (Phi) is 6.00. The monoisotopic (exact) mass is 371 g/mol. The van der Waals surface area contributed by atoms with Crippen LogP contribution in [0.15, 0.2) is 48.5 Å². The molecule has 0 spiro atoms. The minimum Gasteiger partial charge on any atom is -0.456 e. The number of para-hydroxylation sites is 1. The lowest BCUT2D eigenvalue weighted by Gasteiger charge is -2.28. The highest BCUT2D eigenvalue weighted by Crippen LogP contribution is 2.38. The number of hydrogen-bond acceptors (Lipinski definition) is 3.